The Morgan fingerprint density at radius 3 is 2.85 bits per heavy atom. The van der Waals surface area contributed by atoms with Crippen molar-refractivity contribution in [3.05, 3.63) is 52.7 Å². The van der Waals surface area contributed by atoms with Crippen molar-refractivity contribution < 1.29 is 5.11 Å². The molecule has 1 aromatic carbocycles. The standard InChI is InChI=1S/C16H18N2OS/c1-3-18-13(8-11(2)17-18)10-14(19)16-9-12-6-4-5-7-15(12)20-16/h4-9,14,19H,3,10H2,1-2H3. The summed E-state index contributed by atoms with van der Waals surface area (Å²) in [7, 11) is 0. The number of fused-ring (bicyclic) bond motifs is 1. The lowest BCUT2D eigenvalue weighted by Gasteiger charge is -2.09. The zero-order valence-corrected chi connectivity index (χ0v) is 12.5. The molecule has 1 N–H and O–H groups in total. The maximum absolute atomic E-state index is 10.5. The van der Waals surface area contributed by atoms with Crippen molar-refractivity contribution in [2.75, 3.05) is 0 Å². The summed E-state index contributed by atoms with van der Waals surface area (Å²) in [4.78, 5) is 1.02. The van der Waals surface area contributed by atoms with Crippen LogP contribution in [-0.4, -0.2) is 14.9 Å². The summed E-state index contributed by atoms with van der Waals surface area (Å²) < 4.78 is 3.19. The predicted octanol–water partition coefficient (Wildman–Crippen LogP) is 3.70. The summed E-state index contributed by atoms with van der Waals surface area (Å²) in [6.45, 7) is 4.89. The van der Waals surface area contributed by atoms with Crippen molar-refractivity contribution in [2.45, 2.75) is 32.9 Å². The third-order valence-corrected chi connectivity index (χ3v) is 4.68. The van der Waals surface area contributed by atoms with Crippen LogP contribution >= 0.6 is 11.3 Å². The number of nitrogens with zero attached hydrogens (tertiary/aromatic N) is 2. The van der Waals surface area contributed by atoms with Crippen LogP contribution in [0, 0.1) is 6.92 Å². The van der Waals surface area contributed by atoms with Crippen molar-refractivity contribution in [3.8, 4) is 0 Å². The van der Waals surface area contributed by atoms with E-state index in [4.69, 9.17) is 0 Å². The third kappa shape index (κ3) is 2.49. The van der Waals surface area contributed by atoms with Gasteiger partial charge >= 0.3 is 0 Å². The Hall–Kier alpha value is -1.65. The summed E-state index contributed by atoms with van der Waals surface area (Å²) in [5, 5.41) is 16.1. The summed E-state index contributed by atoms with van der Waals surface area (Å²) >= 11 is 1.67. The van der Waals surface area contributed by atoms with Gasteiger partial charge in [0, 0.05) is 28.2 Å². The Bertz CT molecular complexity index is 696. The van der Waals surface area contributed by atoms with Crippen LogP contribution in [0.1, 0.15) is 29.3 Å². The average Bonchev–Trinajstić information content (AvgIpc) is 3.01. The number of aromatic nitrogens is 2. The zero-order chi connectivity index (χ0) is 14.1. The minimum Gasteiger partial charge on any atom is -0.387 e. The van der Waals surface area contributed by atoms with Gasteiger partial charge in [0.05, 0.1) is 11.8 Å². The lowest BCUT2D eigenvalue weighted by Crippen LogP contribution is -2.07. The fraction of sp³-hybridized carbons (Fsp3) is 0.312. The quantitative estimate of drug-likeness (QED) is 0.794. The van der Waals surface area contributed by atoms with Gasteiger partial charge in [-0.05, 0) is 37.4 Å². The number of aliphatic hydroxyl groups excluding tert-OH is 1. The Labute approximate surface area is 122 Å². The van der Waals surface area contributed by atoms with Crippen LogP contribution in [0.15, 0.2) is 36.4 Å². The maximum Gasteiger partial charge on any atom is 0.0937 e. The summed E-state index contributed by atoms with van der Waals surface area (Å²) in [5.41, 5.74) is 2.10. The van der Waals surface area contributed by atoms with Crippen LogP contribution < -0.4 is 0 Å². The lowest BCUT2D eigenvalue weighted by atomic mass is 10.1. The maximum atomic E-state index is 10.5. The minimum atomic E-state index is -0.464. The van der Waals surface area contributed by atoms with Crippen LogP contribution in [-0.2, 0) is 13.0 Å². The Morgan fingerprint density at radius 2 is 2.10 bits per heavy atom. The molecule has 3 rings (SSSR count). The molecule has 0 amide bonds. The van der Waals surface area contributed by atoms with Crippen molar-refractivity contribution in [1.82, 2.24) is 9.78 Å². The molecule has 4 heteroatoms. The molecule has 0 fully saturated rings. The molecule has 1 unspecified atom stereocenters. The normalized spacial score (nSPS) is 12.9. The van der Waals surface area contributed by atoms with E-state index in [1.54, 1.807) is 11.3 Å². The molecular formula is C16H18N2OS. The third-order valence-electron chi connectivity index (χ3n) is 3.46. The second-order valence-corrected chi connectivity index (χ2v) is 6.11. The number of thiophene rings is 1. The smallest absolute Gasteiger partial charge is 0.0937 e. The second kappa shape index (κ2) is 5.38. The van der Waals surface area contributed by atoms with Gasteiger partial charge in [-0.25, -0.2) is 0 Å². The first-order valence-corrected chi connectivity index (χ1v) is 7.69. The highest BCUT2D eigenvalue weighted by atomic mass is 32.1. The van der Waals surface area contributed by atoms with Crippen molar-refractivity contribution in [3.63, 3.8) is 0 Å². The molecule has 0 aliphatic rings. The predicted molar refractivity (Wildman–Crippen MR) is 83.1 cm³/mol. The lowest BCUT2D eigenvalue weighted by molar-refractivity contribution is 0.179. The largest absolute Gasteiger partial charge is 0.387 e. The van der Waals surface area contributed by atoms with E-state index in [0.29, 0.717) is 6.42 Å². The van der Waals surface area contributed by atoms with E-state index in [1.807, 2.05) is 23.7 Å². The average molecular weight is 286 g/mol. The highest BCUT2D eigenvalue weighted by molar-refractivity contribution is 7.19. The molecule has 2 heterocycles. The van der Waals surface area contributed by atoms with E-state index in [2.05, 4.69) is 36.3 Å². The van der Waals surface area contributed by atoms with Crippen LogP contribution in [0.25, 0.3) is 10.1 Å². The number of rotatable bonds is 4. The van der Waals surface area contributed by atoms with Crippen molar-refractivity contribution in [1.29, 1.82) is 0 Å². The zero-order valence-electron chi connectivity index (χ0n) is 11.7. The molecule has 2 aromatic heterocycles. The number of benzene rings is 1. The van der Waals surface area contributed by atoms with E-state index in [1.165, 1.54) is 10.1 Å². The summed E-state index contributed by atoms with van der Waals surface area (Å²) in [6.07, 6.45) is 0.149. The Balaban J connectivity index is 1.86. The monoisotopic (exact) mass is 286 g/mol. The van der Waals surface area contributed by atoms with E-state index in [9.17, 15) is 5.11 Å². The molecular weight excluding hydrogens is 268 g/mol. The number of hydrogen-bond donors (Lipinski definition) is 1. The molecule has 0 spiro atoms. The molecule has 0 saturated carbocycles. The van der Waals surface area contributed by atoms with E-state index >= 15 is 0 Å². The second-order valence-electron chi connectivity index (χ2n) is 5.00. The van der Waals surface area contributed by atoms with Gasteiger partial charge in [0.2, 0.25) is 0 Å². The molecule has 3 nitrogen and oxygen atoms in total. The van der Waals surface area contributed by atoms with Gasteiger partial charge in [0.1, 0.15) is 0 Å². The van der Waals surface area contributed by atoms with Crippen LogP contribution in [0.3, 0.4) is 0 Å². The molecule has 3 aromatic rings. The first-order valence-electron chi connectivity index (χ1n) is 6.87. The van der Waals surface area contributed by atoms with Crippen molar-refractivity contribution in [2.24, 2.45) is 0 Å². The SMILES string of the molecule is CCn1nc(C)cc1CC(O)c1cc2ccccc2s1. The van der Waals surface area contributed by atoms with Gasteiger partial charge < -0.3 is 5.11 Å². The van der Waals surface area contributed by atoms with Gasteiger partial charge in [-0.3, -0.25) is 4.68 Å². The fourth-order valence-electron chi connectivity index (χ4n) is 2.50. The van der Waals surface area contributed by atoms with Gasteiger partial charge in [-0.1, -0.05) is 18.2 Å². The molecule has 104 valence electrons. The molecule has 0 radical (unpaired) electrons. The van der Waals surface area contributed by atoms with Crippen LogP contribution in [0.5, 0.6) is 0 Å². The summed E-state index contributed by atoms with van der Waals surface area (Å²) in [5.74, 6) is 0. The molecule has 20 heavy (non-hydrogen) atoms. The molecule has 1 atom stereocenters. The topological polar surface area (TPSA) is 38.0 Å². The molecule has 0 aliphatic heterocycles. The van der Waals surface area contributed by atoms with Gasteiger partial charge in [-0.2, -0.15) is 5.10 Å². The van der Waals surface area contributed by atoms with Crippen LogP contribution in [0.4, 0.5) is 0 Å². The fourth-order valence-corrected chi connectivity index (χ4v) is 3.55. The Kier molecular flexibility index (Phi) is 3.59. The van der Waals surface area contributed by atoms with Gasteiger partial charge in [0.25, 0.3) is 0 Å². The van der Waals surface area contributed by atoms with E-state index in [0.717, 1.165) is 22.8 Å². The Morgan fingerprint density at radius 1 is 1.30 bits per heavy atom. The molecule has 0 aliphatic carbocycles. The molecule has 0 bridgehead atoms. The van der Waals surface area contributed by atoms with E-state index in [-0.39, 0.29) is 0 Å². The summed E-state index contributed by atoms with van der Waals surface area (Å²) in [6, 6.07) is 12.4. The van der Waals surface area contributed by atoms with Crippen molar-refractivity contribution >= 4 is 21.4 Å². The highest BCUT2D eigenvalue weighted by Gasteiger charge is 2.15. The highest BCUT2D eigenvalue weighted by Crippen LogP contribution is 2.31. The first kappa shape index (κ1) is 13.3. The number of aliphatic hydroxyl groups is 1. The van der Waals surface area contributed by atoms with Gasteiger partial charge in [0.15, 0.2) is 0 Å². The van der Waals surface area contributed by atoms with Crippen LogP contribution in [0.2, 0.25) is 0 Å². The van der Waals surface area contributed by atoms with Gasteiger partial charge in [-0.15, -0.1) is 11.3 Å². The molecule has 0 saturated heterocycles. The number of aryl methyl sites for hydroxylation is 2. The first-order chi connectivity index (χ1) is 9.67. The number of hydrogen-bond acceptors (Lipinski definition) is 3. The van der Waals surface area contributed by atoms with E-state index < -0.39 is 6.10 Å². The minimum absolute atomic E-state index is 0.464.